The van der Waals surface area contributed by atoms with E-state index in [9.17, 15) is 18.0 Å². The molecule has 0 radical (unpaired) electrons. The van der Waals surface area contributed by atoms with Gasteiger partial charge in [0.05, 0.1) is 24.2 Å². The Kier molecular flexibility index (Phi) is 5.87. The van der Waals surface area contributed by atoms with Gasteiger partial charge in [0.25, 0.3) is 0 Å². The second-order valence-electron chi connectivity index (χ2n) is 9.15. The maximum Gasteiger partial charge on any atom is 0.416 e. The predicted molar refractivity (Wildman–Crippen MR) is 114 cm³/mol. The second-order valence-corrected chi connectivity index (χ2v) is 9.15. The number of benzene rings is 1. The lowest BCUT2D eigenvalue weighted by atomic mass is 9.80. The average molecular weight is 448 g/mol. The van der Waals surface area contributed by atoms with E-state index in [1.165, 1.54) is 6.07 Å². The van der Waals surface area contributed by atoms with Crippen LogP contribution < -0.4 is 11.1 Å². The van der Waals surface area contributed by atoms with Crippen LogP contribution in [0.25, 0.3) is 0 Å². The van der Waals surface area contributed by atoms with E-state index in [0.29, 0.717) is 42.8 Å². The number of nitrogens with two attached hydrogens (primary N) is 1. The molecule has 1 fully saturated rings. The number of nitrogens with one attached hydrogen (secondary N) is 1. The number of hydrogen-bond acceptors (Lipinski definition) is 6. The number of nitrogen functional groups attached to an aromatic ring is 1. The van der Waals surface area contributed by atoms with Crippen molar-refractivity contribution in [3.8, 4) is 0 Å². The molecule has 3 N–H and O–H groups in total. The summed E-state index contributed by atoms with van der Waals surface area (Å²) in [5, 5.41) is 3.18. The maximum atomic E-state index is 13.1. The number of rotatable bonds is 7. The topological polar surface area (TPSA) is 90.1 Å². The first-order valence-corrected chi connectivity index (χ1v) is 10.7. The summed E-state index contributed by atoms with van der Waals surface area (Å²) in [6.07, 6.45) is -1.66. The van der Waals surface area contributed by atoms with Gasteiger partial charge < -0.3 is 15.8 Å². The lowest BCUT2D eigenvalue weighted by Gasteiger charge is -2.36. The predicted octanol–water partition coefficient (Wildman–Crippen LogP) is 4.10. The average Bonchev–Trinajstić information content (AvgIpc) is 3.10. The van der Waals surface area contributed by atoms with Crippen LogP contribution >= 0.6 is 0 Å². The number of aromatic nitrogens is 2. The molecule has 4 rings (SSSR count). The smallest absolute Gasteiger partial charge is 0.399 e. The molecule has 2 aliphatic rings. The monoisotopic (exact) mass is 448 g/mol. The number of nitrogens with zero attached hydrogens (tertiary/aromatic N) is 2. The molecule has 6 nitrogen and oxygen atoms in total. The summed E-state index contributed by atoms with van der Waals surface area (Å²) < 4.78 is 44.5. The van der Waals surface area contributed by atoms with Crippen LogP contribution in [0, 0.1) is 18.3 Å². The van der Waals surface area contributed by atoms with Crippen molar-refractivity contribution >= 4 is 17.3 Å². The SMILES string of the molecule is Cc1nc2c(c(NCc3cc(N)cc(C(F)(F)F)c3)n1)CC(CCC(=O)C1(C)COC1)C2. The van der Waals surface area contributed by atoms with E-state index >= 15 is 0 Å². The van der Waals surface area contributed by atoms with E-state index in [1.54, 1.807) is 6.92 Å². The lowest BCUT2D eigenvalue weighted by molar-refractivity contribution is -0.155. The number of halogens is 3. The molecule has 2 aromatic rings. The van der Waals surface area contributed by atoms with Crippen LogP contribution in [-0.2, 0) is 35.1 Å². The van der Waals surface area contributed by atoms with Gasteiger partial charge >= 0.3 is 6.18 Å². The molecule has 1 aromatic carbocycles. The van der Waals surface area contributed by atoms with Crippen LogP contribution in [0.1, 0.15) is 48.0 Å². The standard InChI is InChI=1S/C23H27F3N4O2/c1-13-29-19-8-14(3-4-20(31)22(2)11-32-12-22)7-18(19)21(30-13)28-10-15-5-16(23(24,25)26)9-17(27)6-15/h5-6,9,14H,3-4,7-8,10-12,27H2,1-2H3,(H,28,29,30). The van der Waals surface area contributed by atoms with Gasteiger partial charge in [0.15, 0.2) is 0 Å². The van der Waals surface area contributed by atoms with Gasteiger partial charge in [-0.05, 0) is 62.8 Å². The molecule has 0 bridgehead atoms. The molecule has 1 saturated heterocycles. The zero-order valence-electron chi connectivity index (χ0n) is 18.2. The first kappa shape index (κ1) is 22.5. The normalized spacial score (nSPS) is 19.3. The summed E-state index contributed by atoms with van der Waals surface area (Å²) in [5.41, 5.74) is 6.97. The van der Waals surface area contributed by atoms with E-state index in [2.05, 4.69) is 15.3 Å². The number of ketones is 1. The van der Waals surface area contributed by atoms with Crippen LogP contribution in [0.5, 0.6) is 0 Å². The Morgan fingerprint density at radius 2 is 2.00 bits per heavy atom. The van der Waals surface area contributed by atoms with Gasteiger partial charge in [-0.25, -0.2) is 9.97 Å². The van der Waals surface area contributed by atoms with E-state index in [-0.39, 0.29) is 23.4 Å². The molecular weight excluding hydrogens is 421 g/mol. The second kappa shape index (κ2) is 8.35. The van der Waals surface area contributed by atoms with Crippen LogP contribution in [-0.4, -0.2) is 29.0 Å². The highest BCUT2D eigenvalue weighted by atomic mass is 19.4. The van der Waals surface area contributed by atoms with Crippen molar-refractivity contribution in [1.82, 2.24) is 9.97 Å². The van der Waals surface area contributed by atoms with Crippen LogP contribution in [0.3, 0.4) is 0 Å². The van der Waals surface area contributed by atoms with E-state index in [0.717, 1.165) is 42.7 Å². The highest BCUT2D eigenvalue weighted by molar-refractivity contribution is 5.85. The fraction of sp³-hybridized carbons (Fsp3) is 0.522. The summed E-state index contributed by atoms with van der Waals surface area (Å²) in [7, 11) is 0. The van der Waals surface area contributed by atoms with Gasteiger partial charge in [0.1, 0.15) is 17.4 Å². The third kappa shape index (κ3) is 4.72. The zero-order chi connectivity index (χ0) is 23.1. The molecule has 1 aliphatic carbocycles. The number of aryl methyl sites for hydroxylation is 1. The minimum Gasteiger partial charge on any atom is -0.399 e. The molecular formula is C23H27F3N4O2. The molecule has 1 unspecified atom stereocenters. The molecule has 1 atom stereocenters. The Balaban J connectivity index is 1.43. The Morgan fingerprint density at radius 1 is 1.25 bits per heavy atom. The highest BCUT2D eigenvalue weighted by Gasteiger charge is 2.40. The number of carbonyl (C=O) groups excluding carboxylic acids is 1. The lowest BCUT2D eigenvalue weighted by Crippen LogP contribution is -2.46. The number of carbonyl (C=O) groups is 1. The van der Waals surface area contributed by atoms with Crippen LogP contribution in [0.15, 0.2) is 18.2 Å². The van der Waals surface area contributed by atoms with Crippen molar-refractivity contribution in [2.24, 2.45) is 11.3 Å². The fourth-order valence-corrected chi connectivity index (χ4v) is 4.40. The maximum absolute atomic E-state index is 13.1. The summed E-state index contributed by atoms with van der Waals surface area (Å²) in [6, 6.07) is 3.55. The fourth-order valence-electron chi connectivity index (χ4n) is 4.40. The van der Waals surface area contributed by atoms with Gasteiger partial charge in [-0.2, -0.15) is 13.2 Å². The van der Waals surface area contributed by atoms with Crippen molar-refractivity contribution < 1.29 is 22.7 Å². The first-order chi connectivity index (χ1) is 15.0. The number of Topliss-reactive ketones (excluding diaryl/α,β-unsaturated/α-hetero) is 1. The third-order valence-electron chi connectivity index (χ3n) is 6.28. The Labute approximate surface area is 184 Å². The van der Waals surface area contributed by atoms with Crippen molar-refractivity contribution in [2.75, 3.05) is 24.3 Å². The molecule has 0 spiro atoms. The van der Waals surface area contributed by atoms with Gasteiger partial charge in [-0.3, -0.25) is 4.79 Å². The summed E-state index contributed by atoms with van der Waals surface area (Å²) in [6.45, 7) is 4.89. The molecule has 2 heterocycles. The van der Waals surface area contributed by atoms with Gasteiger partial charge in [-0.15, -0.1) is 0 Å². The Hall–Kier alpha value is -2.68. The van der Waals surface area contributed by atoms with Crippen molar-refractivity contribution in [2.45, 2.75) is 52.3 Å². The first-order valence-electron chi connectivity index (χ1n) is 10.7. The van der Waals surface area contributed by atoms with E-state index in [4.69, 9.17) is 10.5 Å². The number of anilines is 2. The third-order valence-corrected chi connectivity index (χ3v) is 6.28. The summed E-state index contributed by atoms with van der Waals surface area (Å²) in [5.74, 6) is 1.77. The number of ether oxygens (including phenoxy) is 1. The van der Waals surface area contributed by atoms with Crippen molar-refractivity contribution in [3.63, 3.8) is 0 Å². The van der Waals surface area contributed by atoms with E-state index in [1.807, 2.05) is 6.92 Å². The minimum absolute atomic E-state index is 0.0658. The Bertz CT molecular complexity index is 1030. The van der Waals surface area contributed by atoms with Crippen LogP contribution in [0.2, 0.25) is 0 Å². The van der Waals surface area contributed by atoms with Crippen LogP contribution in [0.4, 0.5) is 24.7 Å². The molecule has 0 saturated carbocycles. The number of fused-ring (bicyclic) bond motifs is 1. The summed E-state index contributed by atoms with van der Waals surface area (Å²) >= 11 is 0. The number of hydrogen-bond donors (Lipinski definition) is 2. The largest absolute Gasteiger partial charge is 0.416 e. The number of alkyl halides is 3. The van der Waals surface area contributed by atoms with Gasteiger partial charge in [0.2, 0.25) is 0 Å². The zero-order valence-corrected chi connectivity index (χ0v) is 18.2. The molecule has 9 heteroatoms. The quantitative estimate of drug-likeness (QED) is 0.620. The van der Waals surface area contributed by atoms with Gasteiger partial charge in [0, 0.05) is 29.9 Å². The Morgan fingerprint density at radius 3 is 2.66 bits per heavy atom. The summed E-state index contributed by atoms with van der Waals surface area (Å²) in [4.78, 5) is 21.5. The molecule has 1 aliphatic heterocycles. The van der Waals surface area contributed by atoms with E-state index < -0.39 is 11.7 Å². The van der Waals surface area contributed by atoms with Crippen molar-refractivity contribution in [1.29, 1.82) is 0 Å². The molecule has 1 aromatic heterocycles. The molecule has 172 valence electrons. The minimum atomic E-state index is -4.45. The molecule has 32 heavy (non-hydrogen) atoms. The van der Waals surface area contributed by atoms with Crippen molar-refractivity contribution in [3.05, 3.63) is 46.4 Å². The van der Waals surface area contributed by atoms with Gasteiger partial charge in [-0.1, -0.05) is 0 Å². The highest BCUT2D eigenvalue weighted by Crippen LogP contribution is 2.36. The molecule has 0 amide bonds.